The van der Waals surface area contributed by atoms with E-state index in [1.807, 2.05) is 18.2 Å². The van der Waals surface area contributed by atoms with Crippen LogP contribution in [0.15, 0.2) is 22.7 Å². The maximum atomic E-state index is 9.90. The lowest BCUT2D eigenvalue weighted by Gasteiger charge is -2.20. The number of hydrogen-bond donors (Lipinski definition) is 2. The molecule has 82 valence electrons. The second-order valence-corrected chi connectivity index (χ2v) is 5.10. The van der Waals surface area contributed by atoms with Crippen LogP contribution in [0.4, 0.5) is 0 Å². The van der Waals surface area contributed by atoms with Crippen molar-refractivity contribution in [2.75, 3.05) is 0 Å². The summed E-state index contributed by atoms with van der Waals surface area (Å²) in [4.78, 5) is 0. The van der Waals surface area contributed by atoms with E-state index in [-0.39, 0.29) is 6.04 Å². The lowest BCUT2D eigenvalue weighted by molar-refractivity contribution is 0.411. The molecule has 0 saturated heterocycles. The third-order valence-electron chi connectivity index (χ3n) is 3.28. The van der Waals surface area contributed by atoms with Crippen molar-refractivity contribution in [2.24, 2.45) is 11.7 Å². The van der Waals surface area contributed by atoms with Crippen molar-refractivity contribution < 1.29 is 5.11 Å². The standard InChI is InChI=1S/C12H16BrNO/c13-10-7-3-6-9(12(10)15)11(14)8-4-1-2-5-8/h3,6-8,11,15H,1-2,4-5,14H2/t11-/m0/s1. The van der Waals surface area contributed by atoms with Gasteiger partial charge in [-0.2, -0.15) is 0 Å². The third kappa shape index (κ3) is 2.18. The van der Waals surface area contributed by atoms with Crippen molar-refractivity contribution in [2.45, 2.75) is 31.7 Å². The highest BCUT2D eigenvalue weighted by atomic mass is 79.9. The summed E-state index contributed by atoms with van der Waals surface area (Å²) in [6.45, 7) is 0. The number of phenols is 1. The van der Waals surface area contributed by atoms with Crippen molar-refractivity contribution in [1.29, 1.82) is 0 Å². The topological polar surface area (TPSA) is 46.2 Å². The van der Waals surface area contributed by atoms with Crippen LogP contribution in [0, 0.1) is 5.92 Å². The van der Waals surface area contributed by atoms with E-state index in [9.17, 15) is 5.11 Å². The average molecular weight is 270 g/mol. The Balaban J connectivity index is 2.24. The molecule has 0 aromatic heterocycles. The van der Waals surface area contributed by atoms with Gasteiger partial charge >= 0.3 is 0 Å². The van der Waals surface area contributed by atoms with E-state index in [0.717, 1.165) is 10.0 Å². The Morgan fingerprint density at radius 1 is 1.33 bits per heavy atom. The lowest BCUT2D eigenvalue weighted by Crippen LogP contribution is -2.19. The molecule has 3 N–H and O–H groups in total. The summed E-state index contributed by atoms with van der Waals surface area (Å²) in [5.41, 5.74) is 7.06. The Morgan fingerprint density at radius 3 is 2.67 bits per heavy atom. The van der Waals surface area contributed by atoms with Crippen LogP contribution in [0.3, 0.4) is 0 Å². The quantitative estimate of drug-likeness (QED) is 0.865. The molecule has 0 spiro atoms. The van der Waals surface area contributed by atoms with Crippen LogP contribution in [0.2, 0.25) is 0 Å². The number of phenolic OH excluding ortho intramolecular Hbond substituents is 1. The van der Waals surface area contributed by atoms with E-state index in [1.165, 1.54) is 25.7 Å². The van der Waals surface area contributed by atoms with Crippen LogP contribution in [0.25, 0.3) is 0 Å². The first-order chi connectivity index (χ1) is 7.20. The van der Waals surface area contributed by atoms with Crippen LogP contribution in [-0.2, 0) is 0 Å². The predicted octanol–water partition coefficient (Wildman–Crippen LogP) is 3.34. The van der Waals surface area contributed by atoms with E-state index in [0.29, 0.717) is 11.7 Å². The Labute approximate surface area is 98.6 Å². The third-order valence-corrected chi connectivity index (χ3v) is 3.92. The molecule has 0 unspecified atom stereocenters. The SMILES string of the molecule is N[C@H](c1cccc(Br)c1O)C1CCCC1. The molecule has 1 aliphatic rings. The first kappa shape index (κ1) is 11.0. The molecule has 1 saturated carbocycles. The molecule has 0 bridgehead atoms. The summed E-state index contributed by atoms with van der Waals surface area (Å²) in [5, 5.41) is 9.90. The Bertz CT molecular complexity index is 347. The zero-order chi connectivity index (χ0) is 10.8. The van der Waals surface area contributed by atoms with Crippen molar-refractivity contribution in [3.63, 3.8) is 0 Å². The first-order valence-corrected chi connectivity index (χ1v) is 6.22. The van der Waals surface area contributed by atoms with Gasteiger partial charge in [0.2, 0.25) is 0 Å². The molecular weight excluding hydrogens is 254 g/mol. The first-order valence-electron chi connectivity index (χ1n) is 5.43. The highest BCUT2D eigenvalue weighted by Gasteiger charge is 2.25. The molecule has 15 heavy (non-hydrogen) atoms. The normalized spacial score (nSPS) is 19.3. The minimum atomic E-state index is -0.0231. The molecule has 1 fully saturated rings. The molecule has 0 amide bonds. The van der Waals surface area contributed by atoms with Gasteiger partial charge in [0.15, 0.2) is 0 Å². The fourth-order valence-corrected chi connectivity index (χ4v) is 2.75. The molecule has 2 rings (SSSR count). The van der Waals surface area contributed by atoms with E-state index in [1.54, 1.807) is 0 Å². The molecule has 1 aromatic rings. The van der Waals surface area contributed by atoms with Gasteiger partial charge in [0, 0.05) is 11.6 Å². The zero-order valence-corrected chi connectivity index (χ0v) is 10.2. The maximum Gasteiger partial charge on any atom is 0.134 e. The monoisotopic (exact) mass is 269 g/mol. The van der Waals surface area contributed by atoms with Gasteiger partial charge in [-0.15, -0.1) is 0 Å². The molecule has 2 nitrogen and oxygen atoms in total. The van der Waals surface area contributed by atoms with Gasteiger partial charge < -0.3 is 10.8 Å². The molecule has 1 aromatic carbocycles. The highest BCUT2D eigenvalue weighted by molar-refractivity contribution is 9.10. The summed E-state index contributed by atoms with van der Waals surface area (Å²) < 4.78 is 0.730. The number of rotatable bonds is 2. The zero-order valence-electron chi connectivity index (χ0n) is 8.62. The smallest absolute Gasteiger partial charge is 0.134 e. The van der Waals surface area contributed by atoms with Gasteiger partial charge in [-0.05, 0) is 40.8 Å². The van der Waals surface area contributed by atoms with E-state index in [2.05, 4.69) is 15.9 Å². The molecular formula is C12H16BrNO. The largest absolute Gasteiger partial charge is 0.506 e. The Kier molecular flexibility index (Phi) is 3.32. The van der Waals surface area contributed by atoms with Crippen molar-refractivity contribution in [3.05, 3.63) is 28.2 Å². The lowest BCUT2D eigenvalue weighted by atomic mass is 9.92. The van der Waals surface area contributed by atoms with Crippen LogP contribution < -0.4 is 5.73 Å². The summed E-state index contributed by atoms with van der Waals surface area (Å²) in [7, 11) is 0. The molecule has 0 aliphatic heterocycles. The van der Waals surface area contributed by atoms with E-state index < -0.39 is 0 Å². The van der Waals surface area contributed by atoms with Crippen LogP contribution in [-0.4, -0.2) is 5.11 Å². The Morgan fingerprint density at radius 2 is 2.00 bits per heavy atom. The molecule has 1 atom stereocenters. The van der Waals surface area contributed by atoms with Crippen LogP contribution in [0.5, 0.6) is 5.75 Å². The molecule has 0 radical (unpaired) electrons. The second kappa shape index (κ2) is 4.54. The fourth-order valence-electron chi connectivity index (χ4n) is 2.37. The van der Waals surface area contributed by atoms with Gasteiger partial charge in [-0.3, -0.25) is 0 Å². The average Bonchev–Trinajstić information content (AvgIpc) is 2.74. The number of aromatic hydroxyl groups is 1. The van der Waals surface area contributed by atoms with Gasteiger partial charge in [0.1, 0.15) is 5.75 Å². The number of halogens is 1. The summed E-state index contributed by atoms with van der Waals surface area (Å²) in [6, 6.07) is 5.65. The minimum Gasteiger partial charge on any atom is -0.506 e. The number of nitrogens with two attached hydrogens (primary N) is 1. The van der Waals surface area contributed by atoms with Crippen molar-refractivity contribution in [1.82, 2.24) is 0 Å². The maximum absolute atomic E-state index is 9.90. The number of para-hydroxylation sites is 1. The number of hydrogen-bond acceptors (Lipinski definition) is 2. The summed E-state index contributed by atoms with van der Waals surface area (Å²) in [6.07, 6.45) is 4.92. The second-order valence-electron chi connectivity index (χ2n) is 4.25. The van der Waals surface area contributed by atoms with Crippen molar-refractivity contribution >= 4 is 15.9 Å². The number of benzene rings is 1. The molecule has 3 heteroatoms. The molecule has 0 heterocycles. The van der Waals surface area contributed by atoms with Gasteiger partial charge in [-0.1, -0.05) is 25.0 Å². The fraction of sp³-hybridized carbons (Fsp3) is 0.500. The molecule has 1 aliphatic carbocycles. The Hall–Kier alpha value is -0.540. The van der Waals surface area contributed by atoms with E-state index in [4.69, 9.17) is 5.73 Å². The van der Waals surface area contributed by atoms with Gasteiger partial charge in [0.25, 0.3) is 0 Å². The minimum absolute atomic E-state index is 0.0231. The van der Waals surface area contributed by atoms with Gasteiger partial charge in [0.05, 0.1) is 4.47 Å². The van der Waals surface area contributed by atoms with Crippen molar-refractivity contribution in [3.8, 4) is 5.75 Å². The summed E-state index contributed by atoms with van der Waals surface area (Å²) >= 11 is 3.32. The van der Waals surface area contributed by atoms with Gasteiger partial charge in [-0.25, -0.2) is 0 Å². The van der Waals surface area contributed by atoms with Crippen LogP contribution >= 0.6 is 15.9 Å². The van der Waals surface area contributed by atoms with E-state index >= 15 is 0 Å². The highest BCUT2D eigenvalue weighted by Crippen LogP contribution is 2.39. The van der Waals surface area contributed by atoms with Crippen LogP contribution in [0.1, 0.15) is 37.3 Å². The predicted molar refractivity (Wildman–Crippen MR) is 64.7 cm³/mol. The summed E-state index contributed by atoms with van der Waals surface area (Å²) in [5.74, 6) is 0.835.